The molecule has 1 aromatic heterocycles. The number of carboxylic acid groups (broad SMARTS) is 1. The van der Waals surface area contributed by atoms with E-state index in [4.69, 9.17) is 5.11 Å². The van der Waals surface area contributed by atoms with Gasteiger partial charge in [0.15, 0.2) is 4.88 Å². The van der Waals surface area contributed by atoms with Crippen LogP contribution in [0.3, 0.4) is 0 Å². The number of carboxylic acids is 1. The first-order valence-electron chi connectivity index (χ1n) is 5.03. The number of benzene rings is 1. The molecule has 0 atom stereocenters. The van der Waals surface area contributed by atoms with E-state index in [1.165, 1.54) is 18.2 Å². The molecule has 7 heteroatoms. The Morgan fingerprint density at radius 2 is 1.74 bits per heavy atom. The van der Waals surface area contributed by atoms with E-state index in [1.807, 2.05) is 0 Å². The van der Waals surface area contributed by atoms with Crippen LogP contribution in [0, 0.1) is 0 Å². The highest BCUT2D eigenvalue weighted by Crippen LogP contribution is 2.37. The molecule has 2 rings (SSSR count). The summed E-state index contributed by atoms with van der Waals surface area (Å²) in [4.78, 5) is 10.9. The standard InChI is InChI=1S/C12H7F3O3S/c13-12(14,15)7-3-1-6(2-4-7)9-5-8(16)10(19-9)11(17)18/h1-5,16H,(H,17,18). The summed E-state index contributed by atoms with van der Waals surface area (Å²) in [6.07, 6.45) is -4.41. The molecule has 1 aromatic carbocycles. The maximum Gasteiger partial charge on any atom is 0.416 e. The lowest BCUT2D eigenvalue weighted by atomic mass is 10.1. The highest BCUT2D eigenvalue weighted by molar-refractivity contribution is 7.17. The number of hydrogen-bond acceptors (Lipinski definition) is 3. The van der Waals surface area contributed by atoms with Gasteiger partial charge in [-0.25, -0.2) is 4.79 Å². The smallest absolute Gasteiger partial charge is 0.416 e. The molecule has 19 heavy (non-hydrogen) atoms. The van der Waals surface area contributed by atoms with Gasteiger partial charge in [-0.15, -0.1) is 11.3 Å². The molecule has 0 unspecified atom stereocenters. The maximum absolute atomic E-state index is 12.4. The molecule has 0 aliphatic carbocycles. The van der Waals surface area contributed by atoms with Crippen molar-refractivity contribution in [2.75, 3.05) is 0 Å². The fraction of sp³-hybridized carbons (Fsp3) is 0.0833. The van der Waals surface area contributed by atoms with Gasteiger partial charge in [-0.3, -0.25) is 0 Å². The second-order valence-corrected chi connectivity index (χ2v) is 4.76. The van der Waals surface area contributed by atoms with E-state index in [2.05, 4.69) is 0 Å². The maximum atomic E-state index is 12.4. The fourth-order valence-corrected chi connectivity index (χ4v) is 2.40. The van der Waals surface area contributed by atoms with Gasteiger partial charge in [-0.2, -0.15) is 13.2 Å². The van der Waals surface area contributed by atoms with Crippen LogP contribution in [-0.4, -0.2) is 16.2 Å². The van der Waals surface area contributed by atoms with Gasteiger partial charge < -0.3 is 10.2 Å². The molecule has 0 bridgehead atoms. The molecule has 0 fully saturated rings. The Morgan fingerprint density at radius 3 is 2.16 bits per heavy atom. The number of thiophene rings is 1. The summed E-state index contributed by atoms with van der Waals surface area (Å²) in [5, 5.41) is 18.2. The van der Waals surface area contributed by atoms with Gasteiger partial charge in [-0.05, 0) is 23.8 Å². The molecular formula is C12H7F3O3S. The molecule has 1 heterocycles. The zero-order valence-corrected chi connectivity index (χ0v) is 10.0. The van der Waals surface area contributed by atoms with Gasteiger partial charge in [0.05, 0.1) is 5.56 Å². The third-order valence-electron chi connectivity index (χ3n) is 2.40. The lowest BCUT2D eigenvalue weighted by Crippen LogP contribution is -2.03. The second-order valence-electron chi connectivity index (χ2n) is 3.71. The van der Waals surface area contributed by atoms with Crippen LogP contribution in [0.4, 0.5) is 13.2 Å². The highest BCUT2D eigenvalue weighted by Gasteiger charge is 2.30. The monoisotopic (exact) mass is 288 g/mol. The van der Waals surface area contributed by atoms with Crippen LogP contribution in [0.1, 0.15) is 15.2 Å². The number of alkyl halides is 3. The Bertz CT molecular complexity index is 614. The van der Waals surface area contributed by atoms with Crippen LogP contribution < -0.4 is 0 Å². The van der Waals surface area contributed by atoms with Crippen molar-refractivity contribution < 1.29 is 28.2 Å². The van der Waals surface area contributed by atoms with Crippen LogP contribution in [0.15, 0.2) is 30.3 Å². The van der Waals surface area contributed by atoms with Gasteiger partial charge in [-0.1, -0.05) is 12.1 Å². The summed E-state index contributed by atoms with van der Waals surface area (Å²) in [6, 6.07) is 5.51. The predicted molar refractivity (Wildman–Crippen MR) is 63.4 cm³/mol. The largest absolute Gasteiger partial charge is 0.506 e. The highest BCUT2D eigenvalue weighted by atomic mass is 32.1. The third-order valence-corrected chi connectivity index (χ3v) is 3.56. The summed E-state index contributed by atoms with van der Waals surface area (Å²) < 4.78 is 37.1. The quantitative estimate of drug-likeness (QED) is 0.882. The molecule has 2 N–H and O–H groups in total. The Kier molecular flexibility index (Phi) is 3.23. The van der Waals surface area contributed by atoms with Gasteiger partial charge >= 0.3 is 12.1 Å². The number of rotatable bonds is 2. The number of hydrogen-bond donors (Lipinski definition) is 2. The topological polar surface area (TPSA) is 57.5 Å². The van der Waals surface area contributed by atoms with Crippen LogP contribution in [0.5, 0.6) is 5.75 Å². The lowest BCUT2D eigenvalue weighted by molar-refractivity contribution is -0.137. The number of halogens is 3. The van der Waals surface area contributed by atoms with Gasteiger partial charge in [0.25, 0.3) is 0 Å². The minimum absolute atomic E-state index is 0.241. The number of aromatic carboxylic acids is 1. The SMILES string of the molecule is O=C(O)c1sc(-c2ccc(C(F)(F)F)cc2)cc1O. The molecular weight excluding hydrogens is 281 g/mol. The second kappa shape index (κ2) is 4.58. The van der Waals surface area contributed by atoms with Gasteiger partial charge in [0, 0.05) is 4.88 Å². The minimum atomic E-state index is -4.41. The van der Waals surface area contributed by atoms with E-state index in [1.54, 1.807) is 0 Å². The molecule has 0 aliphatic heterocycles. The van der Waals surface area contributed by atoms with Crippen molar-refractivity contribution in [2.45, 2.75) is 6.18 Å². The van der Waals surface area contributed by atoms with E-state index in [0.29, 0.717) is 10.4 Å². The summed E-state index contributed by atoms with van der Waals surface area (Å²) in [5.74, 6) is -1.67. The Balaban J connectivity index is 2.38. The average molecular weight is 288 g/mol. The van der Waals surface area contributed by atoms with Crippen molar-refractivity contribution in [3.63, 3.8) is 0 Å². The molecule has 0 saturated heterocycles. The minimum Gasteiger partial charge on any atom is -0.506 e. The first kappa shape index (κ1) is 13.4. The molecule has 2 aromatic rings. The molecule has 0 amide bonds. The van der Waals surface area contributed by atoms with E-state index in [-0.39, 0.29) is 4.88 Å². The van der Waals surface area contributed by atoms with Crippen LogP contribution in [-0.2, 0) is 6.18 Å². The Labute approximate surface area is 109 Å². The van der Waals surface area contributed by atoms with Crippen molar-refractivity contribution in [1.29, 1.82) is 0 Å². The number of aromatic hydroxyl groups is 1. The average Bonchev–Trinajstić information content (AvgIpc) is 2.70. The van der Waals surface area contributed by atoms with Crippen molar-refractivity contribution in [3.8, 4) is 16.2 Å². The van der Waals surface area contributed by atoms with Crippen molar-refractivity contribution in [1.82, 2.24) is 0 Å². The Morgan fingerprint density at radius 1 is 1.16 bits per heavy atom. The third kappa shape index (κ3) is 2.70. The summed E-state index contributed by atoms with van der Waals surface area (Å²) in [6.45, 7) is 0. The van der Waals surface area contributed by atoms with Crippen molar-refractivity contribution >= 4 is 17.3 Å². The normalized spacial score (nSPS) is 11.5. The molecule has 100 valence electrons. The number of carbonyl (C=O) groups is 1. The van der Waals surface area contributed by atoms with Crippen LogP contribution in [0.2, 0.25) is 0 Å². The summed E-state index contributed by atoms with van der Waals surface area (Å²) in [7, 11) is 0. The van der Waals surface area contributed by atoms with Gasteiger partial charge in [0.2, 0.25) is 0 Å². The molecule has 0 aliphatic rings. The molecule has 3 nitrogen and oxygen atoms in total. The van der Waals surface area contributed by atoms with Crippen LogP contribution >= 0.6 is 11.3 Å². The van der Waals surface area contributed by atoms with Crippen molar-refractivity contribution in [2.24, 2.45) is 0 Å². The fourth-order valence-electron chi connectivity index (χ4n) is 1.50. The first-order chi connectivity index (χ1) is 8.79. The van der Waals surface area contributed by atoms with Crippen molar-refractivity contribution in [3.05, 3.63) is 40.8 Å². The molecule has 0 spiro atoms. The van der Waals surface area contributed by atoms with E-state index in [0.717, 1.165) is 23.5 Å². The van der Waals surface area contributed by atoms with Gasteiger partial charge in [0.1, 0.15) is 5.75 Å². The van der Waals surface area contributed by atoms with Crippen LogP contribution in [0.25, 0.3) is 10.4 Å². The lowest BCUT2D eigenvalue weighted by Gasteiger charge is -2.06. The predicted octanol–water partition coefficient (Wildman–Crippen LogP) is 3.84. The van der Waals surface area contributed by atoms with E-state index < -0.39 is 23.5 Å². The zero-order valence-electron chi connectivity index (χ0n) is 9.23. The first-order valence-corrected chi connectivity index (χ1v) is 5.84. The summed E-state index contributed by atoms with van der Waals surface area (Å²) >= 11 is 0.803. The summed E-state index contributed by atoms with van der Waals surface area (Å²) in [5.41, 5.74) is -0.365. The van der Waals surface area contributed by atoms with E-state index >= 15 is 0 Å². The molecule has 0 saturated carbocycles. The molecule has 0 radical (unpaired) electrons. The zero-order chi connectivity index (χ0) is 14.2. The van der Waals surface area contributed by atoms with E-state index in [9.17, 15) is 23.1 Å². The Hall–Kier alpha value is -2.02.